The van der Waals surface area contributed by atoms with E-state index in [2.05, 4.69) is 12.1 Å². The van der Waals surface area contributed by atoms with E-state index in [0.29, 0.717) is 13.0 Å². The number of hydrogen-bond acceptors (Lipinski definition) is 2. The van der Waals surface area contributed by atoms with E-state index in [0.717, 1.165) is 11.5 Å². The van der Waals surface area contributed by atoms with E-state index in [4.69, 9.17) is 5.73 Å². The zero-order valence-electron chi connectivity index (χ0n) is 8.32. The van der Waals surface area contributed by atoms with Gasteiger partial charge in [-0.15, -0.1) is 0 Å². The Labute approximate surface area is 84.7 Å². The number of nitrogens with two attached hydrogens (primary N) is 1. The van der Waals surface area contributed by atoms with Gasteiger partial charge in [-0.25, -0.2) is 0 Å². The standard InChI is InChI=1S/C12H17NO/c13-8-7-12(14)11-5-3-10(4-6-11)9-1-2-9/h3-6,9,12,14H,1-2,7-8,13H2. The molecule has 1 unspecified atom stereocenters. The van der Waals surface area contributed by atoms with Crippen molar-refractivity contribution in [1.82, 2.24) is 0 Å². The van der Waals surface area contributed by atoms with E-state index in [1.807, 2.05) is 12.1 Å². The second-order valence-electron chi connectivity index (χ2n) is 4.03. The minimum Gasteiger partial charge on any atom is -0.388 e. The van der Waals surface area contributed by atoms with Crippen LogP contribution in [0.1, 0.15) is 42.4 Å². The van der Waals surface area contributed by atoms with E-state index in [-0.39, 0.29) is 0 Å². The van der Waals surface area contributed by atoms with Gasteiger partial charge in [-0.1, -0.05) is 24.3 Å². The molecule has 1 fully saturated rings. The number of hydrogen-bond donors (Lipinski definition) is 2. The Morgan fingerprint density at radius 1 is 1.29 bits per heavy atom. The van der Waals surface area contributed by atoms with Crippen molar-refractivity contribution in [3.8, 4) is 0 Å². The third-order valence-corrected chi connectivity index (χ3v) is 2.81. The number of benzene rings is 1. The lowest BCUT2D eigenvalue weighted by Crippen LogP contribution is -2.06. The lowest BCUT2D eigenvalue weighted by molar-refractivity contribution is 0.170. The first-order valence-corrected chi connectivity index (χ1v) is 5.29. The first-order valence-electron chi connectivity index (χ1n) is 5.29. The molecule has 0 radical (unpaired) electrons. The van der Waals surface area contributed by atoms with Crippen molar-refractivity contribution < 1.29 is 5.11 Å². The molecule has 0 bridgehead atoms. The van der Waals surface area contributed by atoms with Gasteiger partial charge in [-0.2, -0.15) is 0 Å². The van der Waals surface area contributed by atoms with Crippen LogP contribution in [0, 0.1) is 0 Å². The molecule has 0 heterocycles. The molecule has 1 saturated carbocycles. The summed E-state index contributed by atoms with van der Waals surface area (Å²) < 4.78 is 0. The van der Waals surface area contributed by atoms with E-state index < -0.39 is 6.10 Å². The zero-order valence-corrected chi connectivity index (χ0v) is 8.32. The zero-order chi connectivity index (χ0) is 9.97. The summed E-state index contributed by atoms with van der Waals surface area (Å²) in [5.74, 6) is 0.788. The van der Waals surface area contributed by atoms with Gasteiger partial charge in [0.1, 0.15) is 0 Å². The summed E-state index contributed by atoms with van der Waals surface area (Å²) in [4.78, 5) is 0. The second-order valence-corrected chi connectivity index (χ2v) is 4.03. The SMILES string of the molecule is NCCC(O)c1ccc(C2CC2)cc1. The average Bonchev–Trinajstić information content (AvgIpc) is 3.02. The van der Waals surface area contributed by atoms with Crippen LogP contribution in [0.2, 0.25) is 0 Å². The van der Waals surface area contributed by atoms with Crippen LogP contribution in [0.3, 0.4) is 0 Å². The molecule has 14 heavy (non-hydrogen) atoms. The lowest BCUT2D eigenvalue weighted by atomic mass is 10.0. The first-order chi connectivity index (χ1) is 6.81. The van der Waals surface area contributed by atoms with Crippen LogP contribution >= 0.6 is 0 Å². The fraction of sp³-hybridized carbons (Fsp3) is 0.500. The molecule has 2 nitrogen and oxygen atoms in total. The molecular weight excluding hydrogens is 174 g/mol. The Hall–Kier alpha value is -0.860. The van der Waals surface area contributed by atoms with Gasteiger partial charge in [0.25, 0.3) is 0 Å². The third kappa shape index (κ3) is 2.14. The van der Waals surface area contributed by atoms with Gasteiger partial charge in [0, 0.05) is 0 Å². The predicted molar refractivity (Wildman–Crippen MR) is 57.0 cm³/mol. The molecule has 1 aromatic carbocycles. The van der Waals surface area contributed by atoms with Crippen LogP contribution in [0.4, 0.5) is 0 Å². The Kier molecular flexibility index (Phi) is 2.85. The van der Waals surface area contributed by atoms with Crippen LogP contribution in [-0.4, -0.2) is 11.7 Å². The topological polar surface area (TPSA) is 46.2 Å². The van der Waals surface area contributed by atoms with Gasteiger partial charge in [0.05, 0.1) is 6.10 Å². The van der Waals surface area contributed by atoms with E-state index >= 15 is 0 Å². The molecule has 2 rings (SSSR count). The van der Waals surface area contributed by atoms with Crippen LogP contribution in [0.5, 0.6) is 0 Å². The van der Waals surface area contributed by atoms with Gasteiger partial charge >= 0.3 is 0 Å². The monoisotopic (exact) mass is 191 g/mol. The molecule has 0 aromatic heterocycles. The van der Waals surface area contributed by atoms with Crippen molar-refractivity contribution in [2.75, 3.05) is 6.54 Å². The van der Waals surface area contributed by atoms with Gasteiger partial charge in [0.15, 0.2) is 0 Å². The van der Waals surface area contributed by atoms with Crippen molar-refractivity contribution in [3.63, 3.8) is 0 Å². The minimum absolute atomic E-state index is 0.395. The molecule has 1 aliphatic carbocycles. The fourth-order valence-electron chi connectivity index (χ4n) is 1.73. The van der Waals surface area contributed by atoms with Crippen molar-refractivity contribution >= 4 is 0 Å². The lowest BCUT2D eigenvalue weighted by Gasteiger charge is -2.09. The molecule has 1 atom stereocenters. The fourth-order valence-corrected chi connectivity index (χ4v) is 1.73. The minimum atomic E-state index is -0.395. The molecule has 0 spiro atoms. The Balaban J connectivity index is 2.04. The Bertz CT molecular complexity index is 290. The highest BCUT2D eigenvalue weighted by atomic mass is 16.3. The van der Waals surface area contributed by atoms with Crippen molar-refractivity contribution in [2.24, 2.45) is 5.73 Å². The molecule has 2 heteroatoms. The van der Waals surface area contributed by atoms with Crippen LogP contribution in [0.25, 0.3) is 0 Å². The molecule has 0 saturated heterocycles. The molecule has 3 N–H and O–H groups in total. The summed E-state index contributed by atoms with van der Waals surface area (Å²) in [5.41, 5.74) is 7.79. The Morgan fingerprint density at radius 2 is 1.93 bits per heavy atom. The van der Waals surface area contributed by atoms with Crippen molar-refractivity contribution in [2.45, 2.75) is 31.3 Å². The van der Waals surface area contributed by atoms with Gasteiger partial charge in [0.2, 0.25) is 0 Å². The summed E-state index contributed by atoms with van der Waals surface area (Å²) in [5, 5.41) is 9.69. The van der Waals surface area contributed by atoms with E-state index in [1.165, 1.54) is 18.4 Å². The molecule has 0 amide bonds. The smallest absolute Gasteiger partial charge is 0.0802 e. The summed E-state index contributed by atoms with van der Waals surface area (Å²) in [6.07, 6.45) is 2.89. The average molecular weight is 191 g/mol. The maximum atomic E-state index is 9.69. The largest absolute Gasteiger partial charge is 0.388 e. The van der Waals surface area contributed by atoms with Gasteiger partial charge in [-0.05, 0) is 42.9 Å². The van der Waals surface area contributed by atoms with Gasteiger partial charge in [-0.3, -0.25) is 0 Å². The number of aliphatic hydroxyl groups is 1. The third-order valence-electron chi connectivity index (χ3n) is 2.81. The molecule has 76 valence electrons. The molecular formula is C12H17NO. The first kappa shape index (κ1) is 9.69. The van der Waals surface area contributed by atoms with Crippen LogP contribution in [-0.2, 0) is 0 Å². The summed E-state index contributed by atoms with van der Waals surface area (Å²) in [6.45, 7) is 0.533. The molecule has 0 aliphatic heterocycles. The second kappa shape index (κ2) is 4.11. The summed E-state index contributed by atoms with van der Waals surface area (Å²) >= 11 is 0. The van der Waals surface area contributed by atoms with Crippen LogP contribution < -0.4 is 5.73 Å². The van der Waals surface area contributed by atoms with Gasteiger partial charge < -0.3 is 10.8 Å². The van der Waals surface area contributed by atoms with E-state index in [1.54, 1.807) is 0 Å². The highest BCUT2D eigenvalue weighted by Crippen LogP contribution is 2.40. The predicted octanol–water partition coefficient (Wildman–Crippen LogP) is 1.95. The number of aliphatic hydroxyl groups excluding tert-OH is 1. The summed E-state index contributed by atoms with van der Waals surface area (Å²) in [7, 11) is 0. The maximum absolute atomic E-state index is 9.69. The number of rotatable bonds is 4. The Morgan fingerprint density at radius 3 is 2.43 bits per heavy atom. The van der Waals surface area contributed by atoms with E-state index in [9.17, 15) is 5.11 Å². The van der Waals surface area contributed by atoms with Crippen molar-refractivity contribution in [1.29, 1.82) is 0 Å². The highest BCUT2D eigenvalue weighted by Gasteiger charge is 2.23. The van der Waals surface area contributed by atoms with Crippen LogP contribution in [0.15, 0.2) is 24.3 Å². The summed E-state index contributed by atoms with van der Waals surface area (Å²) in [6, 6.07) is 8.31. The quantitative estimate of drug-likeness (QED) is 0.764. The van der Waals surface area contributed by atoms with Crippen molar-refractivity contribution in [3.05, 3.63) is 35.4 Å². The highest BCUT2D eigenvalue weighted by molar-refractivity contribution is 5.29. The normalized spacial score (nSPS) is 18.1. The molecule has 1 aliphatic rings. The molecule has 1 aromatic rings. The maximum Gasteiger partial charge on any atom is 0.0802 e.